The second-order valence-electron chi connectivity index (χ2n) is 3.92. The zero-order chi connectivity index (χ0) is 15.2. The van der Waals surface area contributed by atoms with Crippen molar-refractivity contribution >= 4 is 17.2 Å². The van der Waals surface area contributed by atoms with Gasteiger partial charge in [0.25, 0.3) is 5.88 Å². The van der Waals surface area contributed by atoms with Crippen molar-refractivity contribution in [3.05, 3.63) is 40.7 Å². The van der Waals surface area contributed by atoms with E-state index < -0.39 is 4.92 Å². The maximum absolute atomic E-state index is 11.2. The summed E-state index contributed by atoms with van der Waals surface area (Å²) < 4.78 is 10.3. The zero-order valence-corrected chi connectivity index (χ0v) is 11.6. The van der Waals surface area contributed by atoms with Gasteiger partial charge >= 0.3 is 5.69 Å². The third-order valence-electron chi connectivity index (χ3n) is 2.58. The van der Waals surface area contributed by atoms with E-state index in [-0.39, 0.29) is 24.0 Å². The van der Waals surface area contributed by atoms with Crippen LogP contribution in [0.15, 0.2) is 30.6 Å². The average Bonchev–Trinajstić information content (AvgIpc) is 2.47. The maximum atomic E-state index is 11.2. The third-order valence-corrected chi connectivity index (χ3v) is 2.58. The fraction of sp³-hybridized carbons (Fsp3) is 0.231. The normalized spacial score (nSPS) is 10.0. The van der Waals surface area contributed by atoms with Crippen molar-refractivity contribution in [2.24, 2.45) is 0 Å². The Morgan fingerprint density at radius 2 is 2.19 bits per heavy atom. The van der Waals surface area contributed by atoms with Gasteiger partial charge in [-0.3, -0.25) is 10.1 Å². The number of nitro groups is 1. The molecule has 0 amide bonds. The van der Waals surface area contributed by atoms with E-state index in [1.807, 2.05) is 0 Å². The van der Waals surface area contributed by atoms with Gasteiger partial charge in [-0.25, -0.2) is 4.98 Å². The minimum Gasteiger partial charge on any atom is -0.497 e. The molecule has 1 aromatic carbocycles. The Labute approximate surface area is 120 Å². The van der Waals surface area contributed by atoms with Crippen LogP contribution in [0.2, 0.25) is 0 Å². The van der Waals surface area contributed by atoms with Crippen molar-refractivity contribution in [3.8, 4) is 11.6 Å². The first-order chi connectivity index (χ1) is 10.2. The Kier molecular flexibility index (Phi) is 4.50. The van der Waals surface area contributed by atoms with Crippen LogP contribution in [0, 0.1) is 10.1 Å². The molecular formula is C13H14N4O4. The summed E-state index contributed by atoms with van der Waals surface area (Å²) in [6.07, 6.45) is 1.21. The molecule has 0 aliphatic rings. The number of hydrogen-bond donors (Lipinski definition) is 1. The summed E-state index contributed by atoms with van der Waals surface area (Å²) in [4.78, 5) is 18.3. The van der Waals surface area contributed by atoms with Crippen molar-refractivity contribution in [2.75, 3.05) is 19.0 Å². The van der Waals surface area contributed by atoms with Crippen molar-refractivity contribution < 1.29 is 14.4 Å². The van der Waals surface area contributed by atoms with Crippen LogP contribution in [-0.4, -0.2) is 28.6 Å². The minimum atomic E-state index is -0.576. The van der Waals surface area contributed by atoms with Gasteiger partial charge in [-0.05, 0) is 19.1 Å². The van der Waals surface area contributed by atoms with Gasteiger partial charge in [0.15, 0.2) is 0 Å². The van der Waals surface area contributed by atoms with Crippen LogP contribution < -0.4 is 14.8 Å². The van der Waals surface area contributed by atoms with Crippen LogP contribution in [0.1, 0.15) is 6.92 Å². The van der Waals surface area contributed by atoms with Gasteiger partial charge < -0.3 is 14.8 Å². The number of nitrogens with zero attached hydrogens (tertiary/aromatic N) is 3. The molecule has 1 heterocycles. The molecule has 0 saturated heterocycles. The lowest BCUT2D eigenvalue weighted by atomic mass is 10.3. The smallest absolute Gasteiger partial charge is 0.373 e. The molecule has 0 spiro atoms. The minimum absolute atomic E-state index is 0.0618. The monoisotopic (exact) mass is 290 g/mol. The van der Waals surface area contributed by atoms with E-state index in [1.54, 1.807) is 38.3 Å². The van der Waals surface area contributed by atoms with Crippen LogP contribution in [0.25, 0.3) is 0 Å². The lowest BCUT2D eigenvalue weighted by Gasteiger charge is -2.09. The highest BCUT2D eigenvalue weighted by atomic mass is 16.6. The number of nitrogens with one attached hydrogen (secondary N) is 1. The van der Waals surface area contributed by atoms with Crippen molar-refractivity contribution in [3.63, 3.8) is 0 Å². The summed E-state index contributed by atoms with van der Waals surface area (Å²) in [6.45, 7) is 2.00. The molecule has 110 valence electrons. The van der Waals surface area contributed by atoms with Crippen LogP contribution in [0.5, 0.6) is 11.6 Å². The summed E-state index contributed by atoms with van der Waals surface area (Å²) >= 11 is 0. The number of aromatic nitrogens is 2. The van der Waals surface area contributed by atoms with E-state index in [0.29, 0.717) is 11.4 Å². The predicted molar refractivity (Wildman–Crippen MR) is 76.1 cm³/mol. The van der Waals surface area contributed by atoms with Crippen LogP contribution in [0.4, 0.5) is 17.2 Å². The molecule has 1 aromatic heterocycles. The first kappa shape index (κ1) is 14.5. The van der Waals surface area contributed by atoms with Crippen LogP contribution >= 0.6 is 0 Å². The van der Waals surface area contributed by atoms with Crippen LogP contribution in [0.3, 0.4) is 0 Å². The molecule has 0 bridgehead atoms. The van der Waals surface area contributed by atoms with E-state index in [1.165, 1.54) is 6.33 Å². The molecule has 8 heteroatoms. The fourth-order valence-corrected chi connectivity index (χ4v) is 1.70. The highest BCUT2D eigenvalue weighted by Crippen LogP contribution is 2.33. The van der Waals surface area contributed by atoms with E-state index in [0.717, 1.165) is 0 Å². The molecule has 2 rings (SSSR count). The summed E-state index contributed by atoms with van der Waals surface area (Å²) in [7, 11) is 1.54. The molecule has 0 atom stereocenters. The predicted octanol–water partition coefficient (Wildman–Crippen LogP) is 2.54. The van der Waals surface area contributed by atoms with Gasteiger partial charge in [0.05, 0.1) is 18.6 Å². The molecular weight excluding hydrogens is 276 g/mol. The first-order valence-corrected chi connectivity index (χ1v) is 6.19. The number of hydrogen-bond acceptors (Lipinski definition) is 7. The standard InChI is InChI=1S/C13H14N4O4/c1-3-21-13-11(17(18)19)12(14-8-15-13)16-9-5-4-6-10(7-9)20-2/h4-8H,3H2,1-2H3,(H,14,15,16). The summed E-state index contributed by atoms with van der Waals surface area (Å²) in [6, 6.07) is 6.98. The number of ether oxygens (including phenoxy) is 2. The highest BCUT2D eigenvalue weighted by molar-refractivity contribution is 5.69. The number of methoxy groups -OCH3 is 1. The number of anilines is 2. The van der Waals surface area contributed by atoms with Gasteiger partial charge in [-0.1, -0.05) is 6.07 Å². The molecule has 0 fully saturated rings. The van der Waals surface area contributed by atoms with Crippen molar-refractivity contribution in [2.45, 2.75) is 6.92 Å². The Morgan fingerprint density at radius 1 is 1.38 bits per heavy atom. The van der Waals surface area contributed by atoms with Crippen molar-refractivity contribution in [1.29, 1.82) is 0 Å². The van der Waals surface area contributed by atoms with Gasteiger partial charge in [0.1, 0.15) is 12.1 Å². The van der Waals surface area contributed by atoms with E-state index in [9.17, 15) is 10.1 Å². The van der Waals surface area contributed by atoms with Gasteiger partial charge in [-0.15, -0.1) is 0 Å². The third kappa shape index (κ3) is 3.35. The summed E-state index contributed by atoms with van der Waals surface area (Å²) in [5, 5.41) is 14.1. The Bertz CT molecular complexity index is 648. The largest absolute Gasteiger partial charge is 0.497 e. The lowest BCUT2D eigenvalue weighted by Crippen LogP contribution is -2.05. The average molecular weight is 290 g/mol. The molecule has 0 aliphatic carbocycles. The Balaban J connectivity index is 2.38. The number of benzene rings is 1. The second kappa shape index (κ2) is 6.51. The maximum Gasteiger partial charge on any atom is 0.373 e. The van der Waals surface area contributed by atoms with Crippen LogP contribution in [-0.2, 0) is 0 Å². The molecule has 0 aliphatic heterocycles. The van der Waals surface area contributed by atoms with E-state index >= 15 is 0 Å². The van der Waals surface area contributed by atoms with E-state index in [2.05, 4.69) is 15.3 Å². The SMILES string of the molecule is CCOc1ncnc(Nc2cccc(OC)c2)c1[N+](=O)[O-]. The number of rotatable bonds is 6. The Hall–Kier alpha value is -2.90. The molecule has 2 aromatic rings. The molecule has 1 N–H and O–H groups in total. The van der Waals surface area contributed by atoms with Gasteiger partial charge in [0, 0.05) is 11.8 Å². The zero-order valence-electron chi connectivity index (χ0n) is 11.6. The second-order valence-corrected chi connectivity index (χ2v) is 3.92. The quantitative estimate of drug-likeness (QED) is 0.644. The first-order valence-electron chi connectivity index (χ1n) is 6.19. The molecule has 8 nitrogen and oxygen atoms in total. The topological polar surface area (TPSA) is 99.4 Å². The van der Waals surface area contributed by atoms with Crippen molar-refractivity contribution in [1.82, 2.24) is 9.97 Å². The molecule has 21 heavy (non-hydrogen) atoms. The molecule has 0 saturated carbocycles. The lowest BCUT2D eigenvalue weighted by molar-refractivity contribution is -0.385. The summed E-state index contributed by atoms with van der Waals surface area (Å²) in [5.41, 5.74) is 0.306. The van der Waals surface area contributed by atoms with Gasteiger partial charge in [0.2, 0.25) is 5.82 Å². The summed E-state index contributed by atoms with van der Waals surface area (Å²) in [5.74, 6) is 0.622. The molecule has 0 radical (unpaired) electrons. The van der Waals surface area contributed by atoms with E-state index in [4.69, 9.17) is 9.47 Å². The van der Waals surface area contributed by atoms with Gasteiger partial charge in [-0.2, -0.15) is 4.98 Å². The molecule has 0 unspecified atom stereocenters. The fourth-order valence-electron chi connectivity index (χ4n) is 1.70. The highest BCUT2D eigenvalue weighted by Gasteiger charge is 2.24. The Morgan fingerprint density at radius 3 is 2.86 bits per heavy atom.